The molecule has 2 heterocycles. The molecule has 6 nitrogen and oxygen atoms in total. The number of fused-ring (bicyclic) bond motifs is 1. The first kappa shape index (κ1) is 11.4. The van der Waals surface area contributed by atoms with Gasteiger partial charge in [0.2, 0.25) is 10.0 Å². The molecule has 0 fully saturated rings. The van der Waals surface area contributed by atoms with Crippen molar-refractivity contribution in [3.8, 4) is 0 Å². The molecule has 1 aliphatic rings. The maximum atomic E-state index is 11.5. The number of sulfonamides is 1. The summed E-state index contributed by atoms with van der Waals surface area (Å²) in [6.45, 7) is 1.53. The van der Waals surface area contributed by atoms with Gasteiger partial charge in [-0.1, -0.05) is 0 Å². The van der Waals surface area contributed by atoms with E-state index < -0.39 is 10.0 Å². The molecular formula is C9H16N4O2S. The molecule has 0 aromatic carbocycles. The molecule has 0 amide bonds. The van der Waals surface area contributed by atoms with Crippen molar-refractivity contribution in [2.24, 2.45) is 7.05 Å². The zero-order valence-corrected chi connectivity index (χ0v) is 10.7. The van der Waals surface area contributed by atoms with Crippen molar-refractivity contribution in [3.05, 3.63) is 11.3 Å². The predicted octanol–water partition coefficient (Wildman–Crippen LogP) is -0.239. The van der Waals surface area contributed by atoms with E-state index in [2.05, 4.69) is 10.00 Å². The standard InChI is InChI=1S/C9H16N4O2S/c1-11-5-7-8(6-11)10-12(2)9(7)13(3)16(4,14)15/h5-6H2,1-4H3. The molecule has 90 valence electrons. The summed E-state index contributed by atoms with van der Waals surface area (Å²) in [5.74, 6) is 0.668. The fourth-order valence-electron chi connectivity index (χ4n) is 2.03. The second-order valence-corrected chi connectivity index (χ2v) is 6.29. The van der Waals surface area contributed by atoms with Gasteiger partial charge in [0, 0.05) is 32.7 Å². The molecule has 0 radical (unpaired) electrons. The van der Waals surface area contributed by atoms with Crippen molar-refractivity contribution < 1.29 is 8.42 Å². The zero-order chi connectivity index (χ0) is 12.1. The molecule has 7 heteroatoms. The number of aromatic nitrogens is 2. The van der Waals surface area contributed by atoms with E-state index in [-0.39, 0.29) is 0 Å². The summed E-state index contributed by atoms with van der Waals surface area (Å²) in [5.41, 5.74) is 1.98. The van der Waals surface area contributed by atoms with E-state index >= 15 is 0 Å². The number of nitrogens with zero attached hydrogens (tertiary/aromatic N) is 4. The average molecular weight is 244 g/mol. The molecule has 1 aliphatic heterocycles. The Kier molecular flexibility index (Phi) is 2.47. The van der Waals surface area contributed by atoms with Crippen LogP contribution in [0.15, 0.2) is 0 Å². The van der Waals surface area contributed by atoms with E-state index in [0.29, 0.717) is 5.82 Å². The highest BCUT2D eigenvalue weighted by Gasteiger charge is 2.28. The summed E-state index contributed by atoms with van der Waals surface area (Å²) in [6, 6.07) is 0. The first-order chi connectivity index (χ1) is 7.30. The Balaban J connectivity index is 2.51. The fourth-order valence-corrected chi connectivity index (χ4v) is 2.58. The minimum absolute atomic E-state index is 0.668. The molecule has 0 atom stereocenters. The van der Waals surface area contributed by atoms with E-state index in [1.165, 1.54) is 10.6 Å². The van der Waals surface area contributed by atoms with Crippen LogP contribution in [0.2, 0.25) is 0 Å². The van der Waals surface area contributed by atoms with Crippen molar-refractivity contribution in [2.45, 2.75) is 13.1 Å². The van der Waals surface area contributed by atoms with E-state index in [9.17, 15) is 8.42 Å². The third-order valence-electron chi connectivity index (χ3n) is 2.84. The normalized spacial score (nSPS) is 16.5. The quantitative estimate of drug-likeness (QED) is 0.720. The Morgan fingerprint density at radius 1 is 1.31 bits per heavy atom. The van der Waals surface area contributed by atoms with Gasteiger partial charge in [0.05, 0.1) is 11.9 Å². The molecule has 0 saturated carbocycles. The van der Waals surface area contributed by atoms with Crippen molar-refractivity contribution >= 4 is 15.8 Å². The Morgan fingerprint density at radius 2 is 1.94 bits per heavy atom. The molecular weight excluding hydrogens is 228 g/mol. The molecule has 1 aromatic heterocycles. The highest BCUT2D eigenvalue weighted by atomic mass is 32.2. The van der Waals surface area contributed by atoms with E-state index in [4.69, 9.17) is 0 Å². The van der Waals surface area contributed by atoms with Crippen LogP contribution in [0, 0.1) is 0 Å². The van der Waals surface area contributed by atoms with Gasteiger partial charge in [-0.2, -0.15) is 5.10 Å². The minimum atomic E-state index is -3.23. The van der Waals surface area contributed by atoms with Crippen molar-refractivity contribution in [1.82, 2.24) is 14.7 Å². The summed E-state index contributed by atoms with van der Waals surface area (Å²) in [6.07, 6.45) is 1.20. The van der Waals surface area contributed by atoms with Crippen LogP contribution in [0.3, 0.4) is 0 Å². The van der Waals surface area contributed by atoms with Crippen LogP contribution in [-0.2, 0) is 30.2 Å². The van der Waals surface area contributed by atoms with Gasteiger partial charge in [0.25, 0.3) is 0 Å². The minimum Gasteiger partial charge on any atom is -0.296 e. The van der Waals surface area contributed by atoms with Gasteiger partial charge in [-0.3, -0.25) is 13.9 Å². The van der Waals surface area contributed by atoms with Crippen molar-refractivity contribution in [3.63, 3.8) is 0 Å². The van der Waals surface area contributed by atoms with Gasteiger partial charge in [-0.15, -0.1) is 0 Å². The summed E-state index contributed by atoms with van der Waals surface area (Å²) in [4.78, 5) is 2.11. The molecule has 0 bridgehead atoms. The molecule has 0 aliphatic carbocycles. The summed E-state index contributed by atoms with van der Waals surface area (Å²) >= 11 is 0. The lowest BCUT2D eigenvalue weighted by Crippen LogP contribution is -2.28. The molecule has 0 N–H and O–H groups in total. The topological polar surface area (TPSA) is 58.4 Å². The van der Waals surface area contributed by atoms with Gasteiger partial charge >= 0.3 is 0 Å². The molecule has 1 aromatic rings. The maximum absolute atomic E-state index is 11.5. The summed E-state index contributed by atoms with van der Waals surface area (Å²) in [7, 11) is 2.09. The highest BCUT2D eigenvalue weighted by Crippen LogP contribution is 2.30. The Hall–Kier alpha value is -1.08. The fraction of sp³-hybridized carbons (Fsp3) is 0.667. The second kappa shape index (κ2) is 3.46. The number of hydrogen-bond donors (Lipinski definition) is 0. The molecule has 0 spiro atoms. The molecule has 16 heavy (non-hydrogen) atoms. The molecule has 2 rings (SSSR count). The Bertz CT molecular complexity index is 520. The van der Waals surface area contributed by atoms with Crippen LogP contribution >= 0.6 is 0 Å². The Morgan fingerprint density at radius 3 is 2.50 bits per heavy atom. The zero-order valence-electron chi connectivity index (χ0n) is 9.93. The van der Waals surface area contributed by atoms with Crippen molar-refractivity contribution in [1.29, 1.82) is 0 Å². The van der Waals surface area contributed by atoms with E-state index in [1.54, 1.807) is 18.8 Å². The number of rotatable bonds is 2. The van der Waals surface area contributed by atoms with Crippen molar-refractivity contribution in [2.75, 3.05) is 24.7 Å². The van der Waals surface area contributed by atoms with Crippen LogP contribution in [0.4, 0.5) is 5.82 Å². The van der Waals surface area contributed by atoms with Gasteiger partial charge in [-0.05, 0) is 7.05 Å². The van der Waals surface area contributed by atoms with E-state index in [1.807, 2.05) is 7.05 Å². The van der Waals surface area contributed by atoms with Crippen LogP contribution in [0.25, 0.3) is 0 Å². The van der Waals surface area contributed by atoms with Gasteiger partial charge in [-0.25, -0.2) is 8.42 Å². The smallest absolute Gasteiger partial charge is 0.233 e. The predicted molar refractivity (Wildman–Crippen MR) is 61.6 cm³/mol. The highest BCUT2D eigenvalue weighted by molar-refractivity contribution is 7.92. The second-order valence-electron chi connectivity index (χ2n) is 4.28. The average Bonchev–Trinajstić information content (AvgIpc) is 2.56. The van der Waals surface area contributed by atoms with Gasteiger partial charge in [0.15, 0.2) is 0 Å². The molecule has 0 saturated heterocycles. The third-order valence-corrected chi connectivity index (χ3v) is 4.01. The Labute approximate surface area is 95.5 Å². The van der Waals surface area contributed by atoms with Gasteiger partial charge < -0.3 is 0 Å². The first-order valence-corrected chi connectivity index (χ1v) is 6.82. The molecule has 0 unspecified atom stereocenters. The number of aryl methyl sites for hydroxylation is 1. The van der Waals surface area contributed by atoms with Crippen LogP contribution in [-0.4, -0.2) is 43.4 Å². The first-order valence-electron chi connectivity index (χ1n) is 4.98. The van der Waals surface area contributed by atoms with Crippen LogP contribution in [0.5, 0.6) is 0 Å². The third kappa shape index (κ3) is 1.69. The monoisotopic (exact) mass is 244 g/mol. The lowest BCUT2D eigenvalue weighted by Gasteiger charge is -2.18. The van der Waals surface area contributed by atoms with Gasteiger partial charge in [0.1, 0.15) is 5.82 Å². The number of hydrogen-bond acceptors (Lipinski definition) is 4. The number of anilines is 1. The van der Waals surface area contributed by atoms with E-state index in [0.717, 1.165) is 24.3 Å². The van der Waals surface area contributed by atoms with Crippen LogP contribution < -0.4 is 4.31 Å². The van der Waals surface area contributed by atoms with Crippen LogP contribution in [0.1, 0.15) is 11.3 Å². The lowest BCUT2D eigenvalue weighted by atomic mass is 10.3. The largest absolute Gasteiger partial charge is 0.296 e. The maximum Gasteiger partial charge on any atom is 0.233 e. The summed E-state index contributed by atoms with van der Waals surface area (Å²) in [5, 5.41) is 4.35. The lowest BCUT2D eigenvalue weighted by molar-refractivity contribution is 0.347. The SMILES string of the molecule is CN1Cc2nn(C)c(N(C)S(C)(=O)=O)c2C1. The summed E-state index contributed by atoms with van der Waals surface area (Å²) < 4.78 is 26.0.